The summed E-state index contributed by atoms with van der Waals surface area (Å²) in [6.45, 7) is 2.35. The summed E-state index contributed by atoms with van der Waals surface area (Å²) in [6.07, 6.45) is 0. The van der Waals surface area contributed by atoms with Crippen LogP contribution in [0.5, 0.6) is 11.5 Å². The van der Waals surface area contributed by atoms with Crippen LogP contribution < -0.4 is 20.7 Å². The molecular formula is C24H26N4O5. The Hall–Kier alpha value is -3.85. The van der Waals surface area contributed by atoms with E-state index in [1.54, 1.807) is 30.9 Å². The van der Waals surface area contributed by atoms with E-state index in [-0.39, 0.29) is 30.2 Å². The average Bonchev–Trinajstić information content (AvgIpc) is 3.18. The molecule has 0 radical (unpaired) electrons. The van der Waals surface area contributed by atoms with E-state index in [1.165, 1.54) is 4.57 Å². The lowest BCUT2D eigenvalue weighted by molar-refractivity contribution is 0.222. The van der Waals surface area contributed by atoms with Gasteiger partial charge in [0.2, 0.25) is 0 Å². The number of H-pyrrole nitrogens is 1. The van der Waals surface area contributed by atoms with E-state index in [0.29, 0.717) is 29.5 Å². The van der Waals surface area contributed by atoms with Crippen LogP contribution in [-0.4, -0.2) is 37.9 Å². The first-order valence-corrected chi connectivity index (χ1v) is 10.6. The monoisotopic (exact) mass is 450 g/mol. The number of rotatable bonds is 8. The maximum atomic E-state index is 12.5. The van der Waals surface area contributed by atoms with Gasteiger partial charge in [-0.25, -0.2) is 9.78 Å². The number of ether oxygens (including phenoxy) is 2. The highest BCUT2D eigenvalue weighted by molar-refractivity contribution is 5.77. The summed E-state index contributed by atoms with van der Waals surface area (Å²) in [5, 5.41) is 9.41. The zero-order valence-electron chi connectivity index (χ0n) is 18.7. The molecule has 1 atom stereocenters. The SMILES string of the molecule is COc1cc(-c2nc3c(c(=O)[nH]c(=O)n3CC(C)CO)n2C)ccc1OCc1ccccc1. The molecule has 0 aliphatic heterocycles. The minimum atomic E-state index is -0.556. The van der Waals surface area contributed by atoms with Crippen molar-refractivity contribution in [1.29, 1.82) is 0 Å². The number of imidazole rings is 1. The molecule has 0 bridgehead atoms. The molecule has 9 heteroatoms. The minimum absolute atomic E-state index is 0.0889. The number of aliphatic hydroxyl groups excluding tert-OH is 1. The van der Waals surface area contributed by atoms with Gasteiger partial charge >= 0.3 is 5.69 Å². The van der Waals surface area contributed by atoms with Gasteiger partial charge in [0.1, 0.15) is 12.4 Å². The van der Waals surface area contributed by atoms with Crippen molar-refractivity contribution < 1.29 is 14.6 Å². The quantitative estimate of drug-likeness (QED) is 0.426. The lowest BCUT2D eigenvalue weighted by Crippen LogP contribution is -2.33. The van der Waals surface area contributed by atoms with Crippen LogP contribution in [-0.2, 0) is 20.2 Å². The van der Waals surface area contributed by atoms with Gasteiger partial charge in [0.05, 0.1) is 7.11 Å². The van der Waals surface area contributed by atoms with Crippen LogP contribution >= 0.6 is 0 Å². The predicted octanol–water partition coefficient (Wildman–Crippen LogP) is 2.31. The largest absolute Gasteiger partial charge is 0.493 e. The third-order valence-electron chi connectivity index (χ3n) is 5.48. The maximum absolute atomic E-state index is 12.5. The Morgan fingerprint density at radius 2 is 1.88 bits per heavy atom. The molecule has 33 heavy (non-hydrogen) atoms. The van der Waals surface area contributed by atoms with Crippen molar-refractivity contribution in [2.24, 2.45) is 13.0 Å². The van der Waals surface area contributed by atoms with E-state index in [9.17, 15) is 14.7 Å². The Morgan fingerprint density at radius 1 is 1.12 bits per heavy atom. The average molecular weight is 450 g/mol. The lowest BCUT2D eigenvalue weighted by Gasteiger charge is -2.12. The molecular weight excluding hydrogens is 424 g/mol. The molecule has 0 saturated heterocycles. The Morgan fingerprint density at radius 3 is 2.58 bits per heavy atom. The van der Waals surface area contributed by atoms with E-state index in [1.807, 2.05) is 43.3 Å². The number of methoxy groups -OCH3 is 1. The van der Waals surface area contributed by atoms with Crippen LogP contribution in [0.15, 0.2) is 58.1 Å². The topological polar surface area (TPSA) is 111 Å². The molecule has 172 valence electrons. The summed E-state index contributed by atoms with van der Waals surface area (Å²) >= 11 is 0. The summed E-state index contributed by atoms with van der Waals surface area (Å²) in [5.41, 5.74) is 1.21. The third-order valence-corrected chi connectivity index (χ3v) is 5.48. The highest BCUT2D eigenvalue weighted by Crippen LogP contribution is 2.33. The fraction of sp³-hybridized carbons (Fsp3) is 0.292. The third kappa shape index (κ3) is 4.40. The summed E-state index contributed by atoms with van der Waals surface area (Å²) < 4.78 is 14.5. The van der Waals surface area contributed by atoms with E-state index in [4.69, 9.17) is 9.47 Å². The van der Waals surface area contributed by atoms with Crippen LogP contribution in [0.2, 0.25) is 0 Å². The molecule has 4 aromatic rings. The number of hydrogen-bond donors (Lipinski definition) is 2. The van der Waals surface area contributed by atoms with Gasteiger partial charge in [0.15, 0.2) is 22.7 Å². The number of aromatic amines is 1. The van der Waals surface area contributed by atoms with Gasteiger partial charge in [-0.3, -0.25) is 14.3 Å². The highest BCUT2D eigenvalue weighted by Gasteiger charge is 2.19. The lowest BCUT2D eigenvalue weighted by atomic mass is 10.2. The Balaban J connectivity index is 1.74. The fourth-order valence-electron chi connectivity index (χ4n) is 3.70. The van der Waals surface area contributed by atoms with Crippen LogP contribution in [0, 0.1) is 5.92 Å². The molecule has 4 rings (SSSR count). The second-order valence-electron chi connectivity index (χ2n) is 7.96. The minimum Gasteiger partial charge on any atom is -0.493 e. The zero-order valence-corrected chi connectivity index (χ0v) is 18.7. The summed E-state index contributed by atoms with van der Waals surface area (Å²) in [4.78, 5) is 31.9. The number of hydrogen-bond acceptors (Lipinski definition) is 6. The predicted molar refractivity (Wildman–Crippen MR) is 125 cm³/mol. The first-order chi connectivity index (χ1) is 15.9. The van der Waals surface area contributed by atoms with Gasteiger partial charge in [-0.15, -0.1) is 0 Å². The fourth-order valence-corrected chi connectivity index (χ4v) is 3.70. The molecule has 1 unspecified atom stereocenters. The number of nitrogens with zero attached hydrogens (tertiary/aromatic N) is 3. The number of benzene rings is 2. The summed E-state index contributed by atoms with van der Waals surface area (Å²) in [5.74, 6) is 1.42. The van der Waals surface area contributed by atoms with Gasteiger partial charge in [0, 0.05) is 25.8 Å². The Labute approximate surface area is 189 Å². The molecule has 0 spiro atoms. The number of nitrogens with one attached hydrogen (secondary N) is 1. The van der Waals surface area contributed by atoms with E-state index in [2.05, 4.69) is 9.97 Å². The van der Waals surface area contributed by atoms with Crippen LogP contribution in [0.4, 0.5) is 0 Å². The number of aromatic nitrogens is 4. The van der Waals surface area contributed by atoms with Crippen molar-refractivity contribution in [2.75, 3.05) is 13.7 Å². The van der Waals surface area contributed by atoms with Crippen molar-refractivity contribution in [3.05, 3.63) is 74.9 Å². The highest BCUT2D eigenvalue weighted by atomic mass is 16.5. The molecule has 0 aliphatic carbocycles. The smallest absolute Gasteiger partial charge is 0.330 e. The number of aliphatic hydroxyl groups is 1. The zero-order chi connectivity index (χ0) is 23.5. The number of fused-ring (bicyclic) bond motifs is 1. The normalized spacial score (nSPS) is 12.1. The van der Waals surface area contributed by atoms with Crippen molar-refractivity contribution in [3.63, 3.8) is 0 Å². The molecule has 0 aliphatic rings. The molecule has 9 nitrogen and oxygen atoms in total. The molecule has 0 saturated carbocycles. The molecule has 0 fully saturated rings. The van der Waals surface area contributed by atoms with E-state index in [0.717, 1.165) is 5.56 Å². The number of aryl methyl sites for hydroxylation is 1. The first kappa shape index (κ1) is 22.3. The first-order valence-electron chi connectivity index (χ1n) is 10.6. The Kier molecular flexibility index (Phi) is 6.32. The second kappa shape index (κ2) is 9.33. The molecule has 2 N–H and O–H groups in total. The van der Waals surface area contributed by atoms with Gasteiger partial charge in [-0.1, -0.05) is 37.3 Å². The maximum Gasteiger partial charge on any atom is 0.330 e. The van der Waals surface area contributed by atoms with E-state index < -0.39 is 11.2 Å². The van der Waals surface area contributed by atoms with Gasteiger partial charge in [-0.2, -0.15) is 0 Å². The standard InChI is InChI=1S/C24H26N4O5/c1-15(13-29)12-28-22-20(23(30)26-24(28)31)27(2)21(25-22)17-9-10-18(19(11-17)32-3)33-14-16-7-5-4-6-8-16/h4-11,15,29H,12-14H2,1-3H3,(H,26,30,31). The summed E-state index contributed by atoms with van der Waals surface area (Å²) in [7, 11) is 3.28. The van der Waals surface area contributed by atoms with Gasteiger partial charge < -0.3 is 19.1 Å². The molecule has 2 aromatic carbocycles. The van der Waals surface area contributed by atoms with Crippen molar-refractivity contribution >= 4 is 11.2 Å². The summed E-state index contributed by atoms with van der Waals surface area (Å²) in [6, 6.07) is 15.2. The van der Waals surface area contributed by atoms with Crippen LogP contribution in [0.3, 0.4) is 0 Å². The van der Waals surface area contributed by atoms with Crippen molar-refractivity contribution in [3.8, 4) is 22.9 Å². The van der Waals surface area contributed by atoms with E-state index >= 15 is 0 Å². The molecule has 0 amide bonds. The Bertz CT molecular complexity index is 1390. The van der Waals surface area contributed by atoms with Crippen molar-refractivity contribution in [2.45, 2.75) is 20.1 Å². The second-order valence-corrected chi connectivity index (χ2v) is 7.96. The van der Waals surface area contributed by atoms with Crippen LogP contribution in [0.25, 0.3) is 22.6 Å². The molecule has 2 aromatic heterocycles. The molecule has 2 heterocycles. The van der Waals surface area contributed by atoms with Crippen molar-refractivity contribution in [1.82, 2.24) is 19.1 Å². The van der Waals surface area contributed by atoms with Crippen LogP contribution in [0.1, 0.15) is 12.5 Å². The van der Waals surface area contributed by atoms with Gasteiger partial charge in [-0.05, 0) is 29.7 Å². The van der Waals surface area contributed by atoms with Gasteiger partial charge in [0.25, 0.3) is 5.56 Å².